The number of aromatic nitrogens is 2. The molecule has 0 radical (unpaired) electrons. The highest BCUT2D eigenvalue weighted by Crippen LogP contribution is 2.28. The van der Waals surface area contributed by atoms with E-state index in [-0.39, 0.29) is 24.8 Å². The lowest BCUT2D eigenvalue weighted by Crippen LogP contribution is -2.59. The zero-order chi connectivity index (χ0) is 25.7. The quantitative estimate of drug-likeness (QED) is 0.534. The first kappa shape index (κ1) is 26.4. The molecule has 0 spiro atoms. The second-order valence-corrected chi connectivity index (χ2v) is 10.3. The molecule has 196 valence electrons. The standard InChI is InChI=1S/C26H36ClN5O4/c1-20-16-22(5-6-23(20)27)35-19-26(17-25(34)31-12-10-29(2)11-13-31)18-32(14-15-36-26)24(33)7-4-21-8-9-28-30(21)3/h5-6,8-9,16H,4,7,10-15,17-19H2,1-3H3/t26-/m1/s1. The van der Waals surface area contributed by atoms with Gasteiger partial charge in [0.25, 0.3) is 0 Å². The average Bonchev–Trinajstić information content (AvgIpc) is 3.28. The maximum atomic E-state index is 13.3. The lowest BCUT2D eigenvalue weighted by molar-refractivity contribution is -0.166. The number of carbonyl (C=O) groups excluding carboxylic acids is 2. The third-order valence-electron chi connectivity index (χ3n) is 7.08. The number of carbonyl (C=O) groups is 2. The molecule has 9 nitrogen and oxygen atoms in total. The van der Waals surface area contributed by atoms with Gasteiger partial charge in [0.1, 0.15) is 18.0 Å². The first-order valence-corrected chi connectivity index (χ1v) is 12.9. The Morgan fingerprint density at radius 2 is 1.86 bits per heavy atom. The molecular formula is C26H36ClN5O4. The maximum Gasteiger partial charge on any atom is 0.225 e. The first-order valence-electron chi connectivity index (χ1n) is 12.5. The fourth-order valence-corrected chi connectivity index (χ4v) is 4.83. The van der Waals surface area contributed by atoms with Crippen LogP contribution in [-0.2, 0) is 27.8 Å². The highest BCUT2D eigenvalue weighted by molar-refractivity contribution is 6.31. The Kier molecular flexibility index (Phi) is 8.54. The van der Waals surface area contributed by atoms with Crippen LogP contribution >= 0.6 is 11.6 Å². The van der Waals surface area contributed by atoms with Crippen LogP contribution in [0.25, 0.3) is 0 Å². The van der Waals surface area contributed by atoms with Crippen LogP contribution in [0.1, 0.15) is 24.1 Å². The van der Waals surface area contributed by atoms with Crippen molar-refractivity contribution in [3.63, 3.8) is 0 Å². The topological polar surface area (TPSA) is 80.1 Å². The Bertz CT molecular complexity index is 1070. The van der Waals surface area contributed by atoms with Crippen molar-refractivity contribution in [2.75, 3.05) is 59.5 Å². The summed E-state index contributed by atoms with van der Waals surface area (Å²) in [6.45, 7) is 6.32. The fourth-order valence-electron chi connectivity index (χ4n) is 4.71. The number of amides is 2. The fraction of sp³-hybridized carbons (Fsp3) is 0.577. The van der Waals surface area contributed by atoms with Crippen LogP contribution in [0.3, 0.4) is 0 Å². The van der Waals surface area contributed by atoms with E-state index in [1.165, 1.54) is 0 Å². The maximum absolute atomic E-state index is 13.3. The smallest absolute Gasteiger partial charge is 0.225 e. The molecule has 3 heterocycles. The van der Waals surface area contributed by atoms with Gasteiger partial charge in [0.05, 0.1) is 19.6 Å². The van der Waals surface area contributed by atoms with Gasteiger partial charge in [-0.2, -0.15) is 5.10 Å². The van der Waals surface area contributed by atoms with Gasteiger partial charge in [-0.3, -0.25) is 14.3 Å². The van der Waals surface area contributed by atoms with E-state index in [2.05, 4.69) is 17.0 Å². The number of rotatable bonds is 8. The number of nitrogens with zero attached hydrogens (tertiary/aromatic N) is 5. The molecule has 0 saturated carbocycles. The van der Waals surface area contributed by atoms with Gasteiger partial charge in [-0.05, 0) is 50.2 Å². The number of likely N-dealkylation sites (N-methyl/N-ethyl adjacent to an activating group) is 1. The van der Waals surface area contributed by atoms with Crippen LogP contribution < -0.4 is 4.74 Å². The Morgan fingerprint density at radius 1 is 1.08 bits per heavy atom. The van der Waals surface area contributed by atoms with Gasteiger partial charge in [-0.1, -0.05) is 11.6 Å². The molecule has 36 heavy (non-hydrogen) atoms. The molecule has 2 aliphatic rings. The third kappa shape index (κ3) is 6.57. The predicted octanol–water partition coefficient (Wildman–Crippen LogP) is 2.16. The van der Waals surface area contributed by atoms with Crippen LogP contribution in [-0.4, -0.2) is 101 Å². The molecule has 1 aromatic carbocycles. The second-order valence-electron chi connectivity index (χ2n) is 9.85. The molecule has 2 amide bonds. The number of morpholine rings is 1. The molecule has 2 fully saturated rings. The normalized spacial score (nSPS) is 21.0. The highest BCUT2D eigenvalue weighted by Gasteiger charge is 2.42. The van der Waals surface area contributed by atoms with Crippen LogP contribution in [0.2, 0.25) is 5.02 Å². The molecule has 0 aliphatic carbocycles. The van der Waals surface area contributed by atoms with Gasteiger partial charge in [0, 0.05) is 63.1 Å². The summed E-state index contributed by atoms with van der Waals surface area (Å²) in [6, 6.07) is 7.40. The van der Waals surface area contributed by atoms with Crippen LogP contribution in [0.15, 0.2) is 30.5 Å². The number of hydrogen-bond donors (Lipinski definition) is 0. The van der Waals surface area contributed by atoms with Gasteiger partial charge in [0.15, 0.2) is 0 Å². The third-order valence-corrected chi connectivity index (χ3v) is 7.50. The Balaban J connectivity index is 1.46. The molecule has 10 heteroatoms. The van der Waals surface area contributed by atoms with Gasteiger partial charge in [0.2, 0.25) is 11.8 Å². The van der Waals surface area contributed by atoms with Crippen molar-refractivity contribution in [1.82, 2.24) is 24.5 Å². The van der Waals surface area contributed by atoms with E-state index >= 15 is 0 Å². The first-order chi connectivity index (χ1) is 17.2. The van der Waals surface area contributed by atoms with Gasteiger partial charge in [-0.15, -0.1) is 0 Å². The van der Waals surface area contributed by atoms with Crippen molar-refractivity contribution >= 4 is 23.4 Å². The molecular weight excluding hydrogens is 482 g/mol. The summed E-state index contributed by atoms with van der Waals surface area (Å²) in [5.74, 6) is 0.730. The Labute approximate surface area is 217 Å². The van der Waals surface area contributed by atoms with E-state index in [4.69, 9.17) is 21.1 Å². The minimum atomic E-state index is -0.922. The van der Waals surface area contributed by atoms with E-state index in [0.717, 1.165) is 24.3 Å². The lowest BCUT2D eigenvalue weighted by Gasteiger charge is -2.43. The van der Waals surface area contributed by atoms with Crippen molar-refractivity contribution in [2.45, 2.75) is 31.8 Å². The molecule has 0 N–H and O–H groups in total. The van der Waals surface area contributed by atoms with Crippen molar-refractivity contribution in [3.05, 3.63) is 46.7 Å². The Morgan fingerprint density at radius 3 is 2.56 bits per heavy atom. The van der Waals surface area contributed by atoms with Crippen molar-refractivity contribution < 1.29 is 19.1 Å². The molecule has 1 atom stereocenters. The summed E-state index contributed by atoms with van der Waals surface area (Å²) in [5.41, 5.74) is 0.997. The molecule has 1 aromatic heterocycles. The van der Waals surface area contributed by atoms with Crippen LogP contribution in [0.4, 0.5) is 0 Å². The highest BCUT2D eigenvalue weighted by atomic mass is 35.5. The number of halogens is 1. The monoisotopic (exact) mass is 517 g/mol. The summed E-state index contributed by atoms with van der Waals surface area (Å²) in [7, 11) is 3.93. The van der Waals surface area contributed by atoms with Crippen molar-refractivity contribution in [3.8, 4) is 5.75 Å². The summed E-state index contributed by atoms with van der Waals surface area (Å²) >= 11 is 6.17. The van der Waals surface area contributed by atoms with Gasteiger partial charge >= 0.3 is 0 Å². The second kappa shape index (κ2) is 11.6. The van der Waals surface area contributed by atoms with Gasteiger partial charge in [-0.25, -0.2) is 0 Å². The van der Waals surface area contributed by atoms with Gasteiger partial charge < -0.3 is 24.2 Å². The lowest BCUT2D eigenvalue weighted by atomic mass is 9.96. The number of ether oxygens (including phenoxy) is 2. The van der Waals surface area contributed by atoms with Crippen molar-refractivity contribution in [1.29, 1.82) is 0 Å². The molecule has 4 rings (SSSR count). The number of benzene rings is 1. The number of piperazine rings is 1. The van der Waals surface area contributed by atoms with Crippen LogP contribution in [0.5, 0.6) is 5.75 Å². The number of hydrogen-bond acceptors (Lipinski definition) is 6. The van der Waals surface area contributed by atoms with E-state index in [1.807, 2.05) is 42.0 Å². The van der Waals surface area contributed by atoms with E-state index in [0.29, 0.717) is 56.4 Å². The Hall–Kier alpha value is -2.62. The minimum Gasteiger partial charge on any atom is -0.490 e. The predicted molar refractivity (Wildman–Crippen MR) is 137 cm³/mol. The minimum absolute atomic E-state index is 0.0307. The molecule has 2 aliphatic heterocycles. The zero-order valence-electron chi connectivity index (χ0n) is 21.4. The molecule has 2 saturated heterocycles. The van der Waals surface area contributed by atoms with E-state index < -0.39 is 5.60 Å². The summed E-state index contributed by atoms with van der Waals surface area (Å²) in [5, 5.41) is 4.85. The molecule has 2 aromatic rings. The van der Waals surface area contributed by atoms with Crippen molar-refractivity contribution in [2.24, 2.45) is 7.05 Å². The van der Waals surface area contributed by atoms with Crippen LogP contribution in [0, 0.1) is 6.92 Å². The summed E-state index contributed by atoms with van der Waals surface area (Å²) in [6.07, 6.45) is 2.88. The zero-order valence-corrected chi connectivity index (χ0v) is 22.2. The SMILES string of the molecule is Cc1cc(OC[C@@]2(CC(=O)N3CCN(C)CC3)CN(C(=O)CCc3ccnn3C)CCO2)ccc1Cl. The van der Waals surface area contributed by atoms with E-state index in [1.54, 1.807) is 16.9 Å². The molecule has 0 unspecified atom stereocenters. The average molecular weight is 518 g/mol. The summed E-state index contributed by atoms with van der Waals surface area (Å²) < 4.78 is 14.2. The number of aryl methyl sites for hydroxylation is 3. The largest absolute Gasteiger partial charge is 0.490 e. The van der Waals surface area contributed by atoms with E-state index in [9.17, 15) is 9.59 Å². The molecule has 0 bridgehead atoms. The summed E-state index contributed by atoms with van der Waals surface area (Å²) in [4.78, 5) is 32.4.